The third-order valence-corrected chi connectivity index (χ3v) is 5.04. The number of halogens is 2. The molecule has 1 amide bonds. The number of rotatable bonds is 7. The zero-order chi connectivity index (χ0) is 19.1. The lowest BCUT2D eigenvalue weighted by atomic mass is 10.2. The van der Waals surface area contributed by atoms with E-state index in [1.54, 1.807) is 20.1 Å². The summed E-state index contributed by atoms with van der Waals surface area (Å²) in [6, 6.07) is 1.24. The van der Waals surface area contributed by atoms with Gasteiger partial charge in [0.05, 0.1) is 24.1 Å². The van der Waals surface area contributed by atoms with Crippen LogP contribution in [-0.2, 0) is 16.0 Å². The largest absolute Gasteiger partial charge is 0.617 e. The van der Waals surface area contributed by atoms with Crippen molar-refractivity contribution in [3.8, 4) is 0 Å². The molecular weight excluding hydrogens is 385 g/mol. The molecule has 0 saturated carbocycles. The number of hydrogen-bond donors (Lipinski definition) is 1. The molecule has 0 saturated heterocycles. The third kappa shape index (κ3) is 6.62. The van der Waals surface area contributed by atoms with Gasteiger partial charge in [-0.05, 0) is 26.8 Å². The fourth-order valence-corrected chi connectivity index (χ4v) is 3.45. The molecule has 2 unspecified atom stereocenters. The van der Waals surface area contributed by atoms with Gasteiger partial charge >= 0.3 is 0 Å². The van der Waals surface area contributed by atoms with Gasteiger partial charge in [-0.3, -0.25) is 9.78 Å². The van der Waals surface area contributed by atoms with Gasteiger partial charge in [-0.25, -0.2) is 9.38 Å². The van der Waals surface area contributed by atoms with Crippen LogP contribution in [0.1, 0.15) is 26.3 Å². The highest BCUT2D eigenvalue weighted by Gasteiger charge is 2.25. The summed E-state index contributed by atoms with van der Waals surface area (Å²) in [5.74, 6) is -0.826. The number of thiol groups is 1. The van der Waals surface area contributed by atoms with Crippen molar-refractivity contribution in [3.05, 3.63) is 40.7 Å². The number of aliphatic imine (C=N–C) groups is 1. The molecule has 5 nitrogen and oxygen atoms in total. The Morgan fingerprint density at radius 1 is 1.56 bits per heavy atom. The van der Waals surface area contributed by atoms with E-state index in [0.717, 1.165) is 6.20 Å². The van der Waals surface area contributed by atoms with Crippen LogP contribution in [0.5, 0.6) is 0 Å². The Hall–Kier alpha value is -1.09. The van der Waals surface area contributed by atoms with E-state index in [1.807, 2.05) is 6.92 Å². The van der Waals surface area contributed by atoms with Gasteiger partial charge in [0.2, 0.25) is 5.91 Å². The van der Waals surface area contributed by atoms with Crippen molar-refractivity contribution in [2.24, 2.45) is 10.9 Å². The van der Waals surface area contributed by atoms with Gasteiger partial charge in [-0.2, -0.15) is 0 Å². The zero-order valence-corrected chi connectivity index (χ0v) is 17.0. The number of carbonyl (C=O) groups is 1. The molecule has 1 aromatic rings. The predicted molar refractivity (Wildman–Crippen MR) is 104 cm³/mol. The SMILES string of the molecule is CCN(C(=O)C(C)C[S+](C)[O-])/C(C)=C(Cl)/N=C(\S)c1cncc(F)c1. The first kappa shape index (κ1) is 22.0. The highest BCUT2D eigenvalue weighted by atomic mass is 35.5. The Morgan fingerprint density at radius 2 is 2.20 bits per heavy atom. The van der Waals surface area contributed by atoms with Crippen LogP contribution in [0.4, 0.5) is 4.39 Å². The molecule has 0 fully saturated rings. The molecule has 2 atom stereocenters. The van der Waals surface area contributed by atoms with Gasteiger partial charge in [0.25, 0.3) is 0 Å². The van der Waals surface area contributed by atoms with Gasteiger partial charge < -0.3 is 9.45 Å². The summed E-state index contributed by atoms with van der Waals surface area (Å²) < 4.78 is 24.6. The van der Waals surface area contributed by atoms with Crippen molar-refractivity contribution in [1.82, 2.24) is 9.88 Å². The maximum absolute atomic E-state index is 13.2. The summed E-state index contributed by atoms with van der Waals surface area (Å²) in [4.78, 5) is 21.9. The minimum Gasteiger partial charge on any atom is -0.617 e. The summed E-state index contributed by atoms with van der Waals surface area (Å²) in [5.41, 5.74) is 0.817. The standard InChI is InChI=1S/C16H21ClFN3O2S2/c1-5-21(16(22)10(2)9-25(4)23)11(3)14(17)20-15(24)12-6-13(18)8-19-7-12/h6-8,10H,5,9H2,1-4H3,(H,20,24)/b14-11+. The van der Waals surface area contributed by atoms with Crippen molar-refractivity contribution in [1.29, 1.82) is 0 Å². The van der Waals surface area contributed by atoms with Crippen LogP contribution < -0.4 is 0 Å². The molecule has 0 spiro atoms. The predicted octanol–water partition coefficient (Wildman–Crippen LogP) is 3.19. The highest BCUT2D eigenvalue weighted by molar-refractivity contribution is 7.97. The average molecular weight is 406 g/mol. The summed E-state index contributed by atoms with van der Waals surface area (Å²) in [6.45, 7) is 5.58. The van der Waals surface area contributed by atoms with E-state index < -0.39 is 22.9 Å². The summed E-state index contributed by atoms with van der Waals surface area (Å²) in [7, 11) is 0. The molecule has 0 aromatic carbocycles. The molecule has 25 heavy (non-hydrogen) atoms. The molecule has 0 N–H and O–H groups in total. The molecule has 1 heterocycles. The maximum Gasteiger partial charge on any atom is 0.234 e. The van der Waals surface area contributed by atoms with Crippen molar-refractivity contribution < 1.29 is 13.7 Å². The van der Waals surface area contributed by atoms with Gasteiger partial charge in [0.1, 0.15) is 21.8 Å². The average Bonchev–Trinajstić information content (AvgIpc) is 2.54. The van der Waals surface area contributed by atoms with Crippen LogP contribution in [0.3, 0.4) is 0 Å². The van der Waals surface area contributed by atoms with E-state index in [9.17, 15) is 13.7 Å². The number of nitrogens with zero attached hydrogens (tertiary/aromatic N) is 3. The Labute approximate surface area is 161 Å². The van der Waals surface area contributed by atoms with E-state index in [2.05, 4.69) is 22.6 Å². The Morgan fingerprint density at radius 3 is 2.72 bits per heavy atom. The second kappa shape index (κ2) is 10.2. The van der Waals surface area contributed by atoms with Crippen LogP contribution in [-0.4, -0.2) is 43.9 Å². The molecule has 1 aromatic heterocycles. The molecule has 138 valence electrons. The van der Waals surface area contributed by atoms with Gasteiger partial charge in [-0.15, -0.1) is 12.6 Å². The number of amides is 1. The first-order valence-electron chi connectivity index (χ1n) is 7.53. The Balaban J connectivity index is 3.07. The van der Waals surface area contributed by atoms with Crippen LogP contribution in [0.15, 0.2) is 34.3 Å². The maximum atomic E-state index is 13.2. The molecule has 1 rings (SSSR count). The van der Waals surface area contributed by atoms with Crippen LogP contribution >= 0.6 is 24.2 Å². The van der Waals surface area contributed by atoms with Gasteiger partial charge in [-0.1, -0.05) is 22.8 Å². The van der Waals surface area contributed by atoms with E-state index in [-0.39, 0.29) is 21.9 Å². The first-order valence-corrected chi connectivity index (χ1v) is 10.1. The first-order chi connectivity index (χ1) is 11.7. The second-order valence-electron chi connectivity index (χ2n) is 5.43. The smallest absolute Gasteiger partial charge is 0.234 e. The number of allylic oxidation sites excluding steroid dienone is 1. The monoisotopic (exact) mass is 405 g/mol. The minimum atomic E-state index is -1.07. The summed E-state index contributed by atoms with van der Waals surface area (Å²) in [5, 5.41) is 0.247. The summed E-state index contributed by atoms with van der Waals surface area (Å²) in [6.07, 6.45) is 4.04. The molecule has 0 aliphatic carbocycles. The fourth-order valence-electron chi connectivity index (χ4n) is 2.13. The highest BCUT2D eigenvalue weighted by Crippen LogP contribution is 2.20. The van der Waals surface area contributed by atoms with E-state index in [1.165, 1.54) is 17.2 Å². The topological polar surface area (TPSA) is 68.6 Å². The number of pyridine rings is 1. The van der Waals surface area contributed by atoms with E-state index >= 15 is 0 Å². The van der Waals surface area contributed by atoms with Crippen molar-refractivity contribution in [2.45, 2.75) is 20.8 Å². The van der Waals surface area contributed by atoms with E-state index in [4.69, 9.17) is 11.6 Å². The lowest BCUT2D eigenvalue weighted by Crippen LogP contribution is -2.36. The Bertz CT molecular complexity index is 683. The lowest BCUT2D eigenvalue weighted by molar-refractivity contribution is -0.132. The van der Waals surface area contributed by atoms with Crippen molar-refractivity contribution >= 4 is 46.4 Å². The van der Waals surface area contributed by atoms with Crippen LogP contribution in [0.2, 0.25) is 0 Å². The van der Waals surface area contributed by atoms with Crippen LogP contribution in [0.25, 0.3) is 0 Å². The Kier molecular flexibility index (Phi) is 8.92. The molecule has 0 radical (unpaired) electrons. The molecule has 0 aliphatic rings. The quantitative estimate of drug-likeness (QED) is 0.249. The molecular formula is C16H21ClFN3O2S2. The normalized spacial score (nSPS) is 15.4. The fraction of sp³-hybridized carbons (Fsp3) is 0.438. The third-order valence-electron chi connectivity index (χ3n) is 3.36. The van der Waals surface area contributed by atoms with Crippen molar-refractivity contribution in [2.75, 3.05) is 18.6 Å². The van der Waals surface area contributed by atoms with Crippen molar-refractivity contribution in [3.63, 3.8) is 0 Å². The number of carbonyl (C=O) groups excluding carboxylic acids is 1. The van der Waals surface area contributed by atoms with Gasteiger partial charge in [0, 0.05) is 18.3 Å². The zero-order valence-electron chi connectivity index (χ0n) is 14.5. The van der Waals surface area contributed by atoms with Gasteiger partial charge in [0.15, 0.2) is 0 Å². The number of aromatic nitrogens is 1. The lowest BCUT2D eigenvalue weighted by Gasteiger charge is -2.25. The summed E-state index contributed by atoms with van der Waals surface area (Å²) >= 11 is 9.36. The molecule has 0 bridgehead atoms. The minimum absolute atomic E-state index is 0.0642. The number of hydrogen-bond acceptors (Lipinski definition) is 4. The molecule has 9 heteroatoms. The second-order valence-corrected chi connectivity index (χ2v) is 7.69. The van der Waals surface area contributed by atoms with Crippen LogP contribution in [0, 0.1) is 11.7 Å². The van der Waals surface area contributed by atoms with E-state index in [0.29, 0.717) is 17.8 Å². The molecule has 0 aliphatic heterocycles.